The summed E-state index contributed by atoms with van der Waals surface area (Å²) in [6, 6.07) is 3.12. The fourth-order valence-corrected chi connectivity index (χ4v) is 1.45. The molecule has 0 spiro atoms. The average molecular weight is 194 g/mol. The third-order valence-corrected chi connectivity index (χ3v) is 2.00. The molecule has 0 aromatic carbocycles. The van der Waals surface area contributed by atoms with Gasteiger partial charge < -0.3 is 10.8 Å². The summed E-state index contributed by atoms with van der Waals surface area (Å²) in [5, 5.41) is 9.54. The Labute approximate surface area is 85.0 Å². The zero-order chi connectivity index (χ0) is 10.8. The molecule has 0 aliphatic carbocycles. The molecule has 3 nitrogen and oxygen atoms in total. The fourth-order valence-electron chi connectivity index (χ4n) is 1.45. The van der Waals surface area contributed by atoms with Crippen molar-refractivity contribution in [2.45, 2.75) is 33.2 Å². The summed E-state index contributed by atoms with van der Waals surface area (Å²) < 4.78 is 0. The molecule has 1 heterocycles. The molecule has 78 valence electrons. The summed E-state index contributed by atoms with van der Waals surface area (Å²) in [4.78, 5) is 4.09. The van der Waals surface area contributed by atoms with E-state index in [4.69, 9.17) is 5.73 Å². The molecule has 0 saturated heterocycles. The van der Waals surface area contributed by atoms with E-state index in [-0.39, 0.29) is 17.2 Å². The maximum Gasteiger partial charge on any atom is 0.138 e. The molecule has 14 heavy (non-hydrogen) atoms. The van der Waals surface area contributed by atoms with Gasteiger partial charge in [-0.15, -0.1) is 0 Å². The molecule has 0 aliphatic rings. The number of aromatic hydroxyl groups is 1. The molecule has 1 atom stereocenters. The van der Waals surface area contributed by atoms with Crippen molar-refractivity contribution in [2.75, 3.05) is 0 Å². The van der Waals surface area contributed by atoms with Crippen molar-refractivity contribution in [3.8, 4) is 5.75 Å². The molecule has 1 aromatic rings. The second-order valence-electron chi connectivity index (χ2n) is 4.78. The van der Waals surface area contributed by atoms with E-state index in [1.165, 1.54) is 0 Å². The van der Waals surface area contributed by atoms with E-state index in [0.717, 1.165) is 6.42 Å². The fraction of sp³-hybridized carbons (Fsp3) is 0.545. The van der Waals surface area contributed by atoms with E-state index in [1.807, 2.05) is 0 Å². The molecule has 0 unspecified atom stereocenters. The second kappa shape index (κ2) is 3.96. The minimum Gasteiger partial charge on any atom is -0.506 e. The van der Waals surface area contributed by atoms with Crippen LogP contribution >= 0.6 is 0 Å². The van der Waals surface area contributed by atoms with Crippen molar-refractivity contribution in [1.82, 2.24) is 4.98 Å². The number of hydrogen-bond donors (Lipinski definition) is 2. The van der Waals surface area contributed by atoms with Gasteiger partial charge >= 0.3 is 0 Å². The first-order valence-electron chi connectivity index (χ1n) is 4.79. The van der Waals surface area contributed by atoms with Crippen molar-refractivity contribution >= 4 is 0 Å². The Bertz CT molecular complexity index is 304. The minimum absolute atomic E-state index is 0.142. The first-order valence-corrected chi connectivity index (χ1v) is 4.79. The zero-order valence-corrected chi connectivity index (χ0v) is 8.99. The SMILES string of the molecule is CC(C)(C)C[C@H](N)c1ncccc1O. The Hall–Kier alpha value is -1.09. The zero-order valence-electron chi connectivity index (χ0n) is 8.99. The van der Waals surface area contributed by atoms with E-state index in [9.17, 15) is 5.11 Å². The Balaban J connectivity index is 2.80. The van der Waals surface area contributed by atoms with E-state index >= 15 is 0 Å². The van der Waals surface area contributed by atoms with Gasteiger partial charge in [0, 0.05) is 6.20 Å². The van der Waals surface area contributed by atoms with Crippen LogP contribution in [0.5, 0.6) is 5.75 Å². The van der Waals surface area contributed by atoms with E-state index in [2.05, 4.69) is 25.8 Å². The predicted octanol–water partition coefficient (Wildman–Crippen LogP) is 2.22. The van der Waals surface area contributed by atoms with Gasteiger partial charge in [-0.25, -0.2) is 0 Å². The molecule has 0 saturated carbocycles. The quantitative estimate of drug-likeness (QED) is 0.759. The van der Waals surface area contributed by atoms with Gasteiger partial charge in [-0.2, -0.15) is 0 Å². The van der Waals surface area contributed by atoms with Crippen LogP contribution in [0.25, 0.3) is 0 Å². The van der Waals surface area contributed by atoms with E-state index in [1.54, 1.807) is 18.3 Å². The molecule has 0 fully saturated rings. The first kappa shape index (κ1) is 11.0. The van der Waals surface area contributed by atoms with Crippen LogP contribution in [0.4, 0.5) is 0 Å². The highest BCUT2D eigenvalue weighted by molar-refractivity contribution is 5.27. The molecule has 1 aromatic heterocycles. The van der Waals surface area contributed by atoms with Crippen molar-refractivity contribution in [1.29, 1.82) is 0 Å². The van der Waals surface area contributed by atoms with Gasteiger partial charge in [0.15, 0.2) is 0 Å². The highest BCUT2D eigenvalue weighted by Gasteiger charge is 2.19. The number of hydrogen-bond acceptors (Lipinski definition) is 3. The van der Waals surface area contributed by atoms with Crippen molar-refractivity contribution < 1.29 is 5.11 Å². The number of rotatable bonds is 2. The number of nitrogens with two attached hydrogens (primary N) is 1. The lowest BCUT2D eigenvalue weighted by atomic mass is 9.87. The maximum atomic E-state index is 9.54. The standard InChI is InChI=1S/C11H18N2O/c1-11(2,3)7-8(12)10-9(14)5-4-6-13-10/h4-6,8,14H,7,12H2,1-3H3/t8-/m0/s1. The van der Waals surface area contributed by atoms with Gasteiger partial charge in [-0.1, -0.05) is 20.8 Å². The Morgan fingerprint density at radius 3 is 2.64 bits per heavy atom. The topological polar surface area (TPSA) is 59.1 Å². The monoisotopic (exact) mass is 194 g/mol. The largest absolute Gasteiger partial charge is 0.506 e. The minimum atomic E-state index is -0.198. The smallest absolute Gasteiger partial charge is 0.138 e. The highest BCUT2D eigenvalue weighted by Crippen LogP contribution is 2.30. The van der Waals surface area contributed by atoms with Crippen LogP contribution in [0.1, 0.15) is 38.9 Å². The van der Waals surface area contributed by atoms with Gasteiger partial charge in [0.25, 0.3) is 0 Å². The first-order chi connectivity index (χ1) is 6.40. The Morgan fingerprint density at radius 1 is 1.50 bits per heavy atom. The lowest BCUT2D eigenvalue weighted by Crippen LogP contribution is -2.19. The summed E-state index contributed by atoms with van der Waals surface area (Å²) in [7, 11) is 0. The van der Waals surface area contributed by atoms with Gasteiger partial charge in [0.2, 0.25) is 0 Å². The highest BCUT2D eigenvalue weighted by atomic mass is 16.3. The summed E-state index contributed by atoms with van der Waals surface area (Å²) in [5.74, 6) is 0.184. The molecule has 0 radical (unpaired) electrons. The van der Waals surface area contributed by atoms with Gasteiger partial charge in [-0.05, 0) is 24.0 Å². The van der Waals surface area contributed by atoms with E-state index < -0.39 is 0 Å². The third-order valence-electron chi connectivity index (χ3n) is 2.00. The van der Waals surface area contributed by atoms with Crippen LogP contribution in [0.3, 0.4) is 0 Å². The molecule has 0 aliphatic heterocycles. The summed E-state index contributed by atoms with van der Waals surface area (Å²) in [6.45, 7) is 6.35. The van der Waals surface area contributed by atoms with Crippen LogP contribution < -0.4 is 5.73 Å². The second-order valence-corrected chi connectivity index (χ2v) is 4.78. The summed E-state index contributed by atoms with van der Waals surface area (Å²) >= 11 is 0. The molecule has 0 bridgehead atoms. The molecule has 3 heteroatoms. The van der Waals surface area contributed by atoms with Crippen molar-refractivity contribution in [3.63, 3.8) is 0 Å². The molecule has 0 amide bonds. The van der Waals surface area contributed by atoms with Gasteiger partial charge in [0.1, 0.15) is 5.75 Å². The Kier molecular flexibility index (Phi) is 3.11. The Morgan fingerprint density at radius 2 is 2.14 bits per heavy atom. The van der Waals surface area contributed by atoms with Crippen LogP contribution in [-0.2, 0) is 0 Å². The van der Waals surface area contributed by atoms with Crippen LogP contribution in [0, 0.1) is 5.41 Å². The van der Waals surface area contributed by atoms with E-state index in [0.29, 0.717) is 5.69 Å². The van der Waals surface area contributed by atoms with Gasteiger partial charge in [-0.3, -0.25) is 4.98 Å². The number of pyridine rings is 1. The lowest BCUT2D eigenvalue weighted by Gasteiger charge is -2.22. The van der Waals surface area contributed by atoms with Crippen LogP contribution in [0.2, 0.25) is 0 Å². The summed E-state index contributed by atoms with van der Waals surface area (Å²) in [5.41, 5.74) is 6.69. The number of aromatic nitrogens is 1. The average Bonchev–Trinajstić information content (AvgIpc) is 2.01. The molecule has 3 N–H and O–H groups in total. The molecular weight excluding hydrogens is 176 g/mol. The maximum absolute atomic E-state index is 9.54. The van der Waals surface area contributed by atoms with Crippen LogP contribution in [0.15, 0.2) is 18.3 Å². The summed E-state index contributed by atoms with van der Waals surface area (Å²) in [6.07, 6.45) is 2.45. The normalized spacial score (nSPS) is 14.0. The molecule has 1 rings (SSSR count). The third kappa shape index (κ3) is 3.00. The number of nitrogens with zero attached hydrogens (tertiary/aromatic N) is 1. The molecular formula is C11H18N2O. The van der Waals surface area contributed by atoms with Gasteiger partial charge in [0.05, 0.1) is 11.7 Å². The van der Waals surface area contributed by atoms with Crippen molar-refractivity contribution in [2.24, 2.45) is 11.1 Å². The lowest BCUT2D eigenvalue weighted by molar-refractivity contribution is 0.334. The van der Waals surface area contributed by atoms with Crippen molar-refractivity contribution in [3.05, 3.63) is 24.0 Å². The predicted molar refractivity (Wildman–Crippen MR) is 56.9 cm³/mol. The van der Waals surface area contributed by atoms with Crippen LogP contribution in [-0.4, -0.2) is 10.1 Å².